The van der Waals surface area contributed by atoms with E-state index in [2.05, 4.69) is 9.97 Å². The highest BCUT2D eigenvalue weighted by atomic mass is 35.5. The van der Waals surface area contributed by atoms with Crippen molar-refractivity contribution in [3.8, 4) is 0 Å². The molecule has 6 heteroatoms. The molecule has 0 atom stereocenters. The molecule has 1 rings (SSSR count). The van der Waals surface area contributed by atoms with E-state index >= 15 is 0 Å². The minimum absolute atomic E-state index is 0.337. The van der Waals surface area contributed by atoms with E-state index in [0.29, 0.717) is 12.1 Å². The molecule has 0 aliphatic rings. The first-order valence-electron chi connectivity index (χ1n) is 4.54. The van der Waals surface area contributed by atoms with Crippen LogP contribution in [0.2, 0.25) is 5.28 Å². The van der Waals surface area contributed by atoms with Gasteiger partial charge in [-0.15, -0.1) is 0 Å². The summed E-state index contributed by atoms with van der Waals surface area (Å²) in [5.74, 6) is 0. The van der Waals surface area contributed by atoms with Crippen molar-refractivity contribution in [3.63, 3.8) is 0 Å². The highest BCUT2D eigenvalue weighted by molar-refractivity contribution is 6.28. The van der Waals surface area contributed by atoms with Gasteiger partial charge < -0.3 is 0 Å². The maximum absolute atomic E-state index is 12.3. The van der Waals surface area contributed by atoms with Gasteiger partial charge in [0.2, 0.25) is 5.28 Å². The first-order valence-corrected chi connectivity index (χ1v) is 4.92. The van der Waals surface area contributed by atoms with Crippen molar-refractivity contribution in [1.29, 1.82) is 0 Å². The molecule has 0 unspecified atom stereocenters. The van der Waals surface area contributed by atoms with E-state index in [1.165, 1.54) is 0 Å². The summed E-state index contributed by atoms with van der Waals surface area (Å²) in [6.45, 7) is 1.95. The van der Waals surface area contributed by atoms with Crippen molar-refractivity contribution in [2.75, 3.05) is 0 Å². The fourth-order valence-corrected chi connectivity index (χ4v) is 1.30. The third kappa shape index (κ3) is 3.66. The van der Waals surface area contributed by atoms with Crippen molar-refractivity contribution in [2.24, 2.45) is 0 Å². The normalized spacial score (nSPS) is 11.8. The predicted molar refractivity (Wildman–Crippen MR) is 50.7 cm³/mol. The van der Waals surface area contributed by atoms with Crippen LogP contribution >= 0.6 is 11.6 Å². The van der Waals surface area contributed by atoms with Crippen LogP contribution in [-0.4, -0.2) is 9.97 Å². The topological polar surface area (TPSA) is 25.8 Å². The Balaban J connectivity index is 2.95. The summed E-state index contributed by atoms with van der Waals surface area (Å²) in [6, 6.07) is 0.946. The number of unbranched alkanes of at least 4 members (excludes halogenated alkanes) is 1. The van der Waals surface area contributed by atoms with Crippen molar-refractivity contribution in [3.05, 3.63) is 22.7 Å². The molecule has 1 aromatic rings. The lowest BCUT2D eigenvalue weighted by molar-refractivity contribution is -0.141. The van der Waals surface area contributed by atoms with Gasteiger partial charge in [-0.25, -0.2) is 9.97 Å². The summed E-state index contributed by atoms with van der Waals surface area (Å²) in [4.78, 5) is 6.88. The Hall–Kier alpha value is -0.840. The second-order valence-corrected chi connectivity index (χ2v) is 3.45. The summed E-state index contributed by atoms with van der Waals surface area (Å²) in [6.07, 6.45) is -2.30. The molecule has 0 aromatic carbocycles. The van der Waals surface area contributed by atoms with Crippen molar-refractivity contribution in [1.82, 2.24) is 9.97 Å². The van der Waals surface area contributed by atoms with E-state index < -0.39 is 11.9 Å². The molecule has 84 valence electrons. The molecule has 0 saturated heterocycles. The Labute approximate surface area is 90.5 Å². The number of rotatable bonds is 3. The van der Waals surface area contributed by atoms with Crippen molar-refractivity contribution >= 4 is 11.6 Å². The molecular weight excluding hydrogens is 229 g/mol. The highest BCUT2D eigenvalue weighted by Gasteiger charge is 2.33. The largest absolute Gasteiger partial charge is 0.433 e. The minimum atomic E-state index is -4.46. The maximum Gasteiger partial charge on any atom is 0.433 e. The summed E-state index contributed by atoms with van der Waals surface area (Å²) in [5.41, 5.74) is -0.641. The van der Waals surface area contributed by atoms with E-state index in [0.717, 1.165) is 18.9 Å². The van der Waals surface area contributed by atoms with Crippen LogP contribution in [0.1, 0.15) is 31.2 Å². The van der Waals surface area contributed by atoms with Crippen LogP contribution in [0, 0.1) is 0 Å². The number of alkyl halides is 3. The van der Waals surface area contributed by atoms with Gasteiger partial charge in [0.05, 0.1) is 0 Å². The monoisotopic (exact) mass is 238 g/mol. The zero-order chi connectivity index (χ0) is 11.5. The van der Waals surface area contributed by atoms with Crippen LogP contribution in [0.3, 0.4) is 0 Å². The Bertz CT molecular complexity index is 339. The van der Waals surface area contributed by atoms with Gasteiger partial charge in [0.1, 0.15) is 5.69 Å². The number of halogens is 4. The first kappa shape index (κ1) is 12.2. The molecule has 0 N–H and O–H groups in total. The fourth-order valence-electron chi connectivity index (χ4n) is 1.10. The SMILES string of the molecule is CCCCc1cc(C(F)(F)F)nc(Cl)n1. The zero-order valence-electron chi connectivity index (χ0n) is 8.10. The van der Waals surface area contributed by atoms with Crippen LogP contribution in [0.5, 0.6) is 0 Å². The molecule has 0 aliphatic heterocycles. The molecule has 15 heavy (non-hydrogen) atoms. The minimum Gasteiger partial charge on any atom is -0.223 e. The maximum atomic E-state index is 12.3. The third-order valence-electron chi connectivity index (χ3n) is 1.83. The summed E-state index contributed by atoms with van der Waals surface area (Å²) in [7, 11) is 0. The second kappa shape index (κ2) is 4.79. The Morgan fingerprint density at radius 3 is 2.53 bits per heavy atom. The van der Waals surface area contributed by atoms with Crippen LogP contribution in [0.25, 0.3) is 0 Å². The van der Waals surface area contributed by atoms with Crippen LogP contribution in [-0.2, 0) is 12.6 Å². The Morgan fingerprint density at radius 1 is 1.33 bits per heavy atom. The molecule has 1 heterocycles. The number of hydrogen-bond donors (Lipinski definition) is 0. The van der Waals surface area contributed by atoms with E-state index in [1.807, 2.05) is 6.92 Å². The zero-order valence-corrected chi connectivity index (χ0v) is 8.86. The van der Waals surface area contributed by atoms with Gasteiger partial charge in [0.15, 0.2) is 0 Å². The Kier molecular flexibility index (Phi) is 3.90. The molecule has 0 spiro atoms. The van der Waals surface area contributed by atoms with Gasteiger partial charge in [0.25, 0.3) is 0 Å². The summed E-state index contributed by atoms with van der Waals surface area (Å²) < 4.78 is 37.0. The Morgan fingerprint density at radius 2 is 2.00 bits per heavy atom. The quantitative estimate of drug-likeness (QED) is 0.754. The molecule has 0 amide bonds. The van der Waals surface area contributed by atoms with Gasteiger partial charge in [-0.05, 0) is 30.5 Å². The van der Waals surface area contributed by atoms with Gasteiger partial charge in [0, 0.05) is 5.69 Å². The fraction of sp³-hybridized carbons (Fsp3) is 0.556. The second-order valence-electron chi connectivity index (χ2n) is 3.11. The lowest BCUT2D eigenvalue weighted by Crippen LogP contribution is -2.10. The van der Waals surface area contributed by atoms with Gasteiger partial charge in [-0.1, -0.05) is 13.3 Å². The van der Waals surface area contributed by atoms with Crippen LogP contribution in [0.15, 0.2) is 6.07 Å². The lowest BCUT2D eigenvalue weighted by Gasteiger charge is -2.07. The smallest absolute Gasteiger partial charge is 0.223 e. The lowest BCUT2D eigenvalue weighted by atomic mass is 10.2. The van der Waals surface area contributed by atoms with Crippen LogP contribution < -0.4 is 0 Å². The number of aryl methyl sites for hydroxylation is 1. The number of aromatic nitrogens is 2. The van der Waals surface area contributed by atoms with Gasteiger partial charge in [-0.2, -0.15) is 13.2 Å². The number of nitrogens with zero attached hydrogens (tertiary/aromatic N) is 2. The first-order chi connectivity index (χ1) is 6.93. The molecule has 1 aromatic heterocycles. The van der Waals surface area contributed by atoms with Crippen molar-refractivity contribution < 1.29 is 13.2 Å². The third-order valence-corrected chi connectivity index (χ3v) is 2.00. The summed E-state index contributed by atoms with van der Waals surface area (Å²) in [5, 5.41) is -0.351. The molecule has 0 bridgehead atoms. The highest BCUT2D eigenvalue weighted by Crippen LogP contribution is 2.28. The van der Waals surface area contributed by atoms with Crippen LogP contribution in [0.4, 0.5) is 13.2 Å². The predicted octanol–water partition coefficient (Wildman–Crippen LogP) is 3.49. The van der Waals surface area contributed by atoms with E-state index in [1.54, 1.807) is 0 Å². The molecule has 0 radical (unpaired) electrons. The van der Waals surface area contributed by atoms with E-state index in [-0.39, 0.29) is 5.28 Å². The average molecular weight is 239 g/mol. The van der Waals surface area contributed by atoms with Gasteiger partial charge >= 0.3 is 6.18 Å². The molecule has 2 nitrogen and oxygen atoms in total. The number of hydrogen-bond acceptors (Lipinski definition) is 2. The summed E-state index contributed by atoms with van der Waals surface area (Å²) >= 11 is 5.41. The van der Waals surface area contributed by atoms with Crippen molar-refractivity contribution in [2.45, 2.75) is 32.4 Å². The molecule has 0 aliphatic carbocycles. The van der Waals surface area contributed by atoms with E-state index in [4.69, 9.17) is 11.6 Å². The molecule has 0 fully saturated rings. The molecule has 0 saturated carbocycles. The van der Waals surface area contributed by atoms with E-state index in [9.17, 15) is 13.2 Å². The van der Waals surface area contributed by atoms with Gasteiger partial charge in [-0.3, -0.25) is 0 Å². The average Bonchev–Trinajstić information content (AvgIpc) is 2.12. The molecular formula is C9H10ClF3N2. The standard InChI is InChI=1S/C9H10ClF3N2/c1-2-3-4-6-5-7(9(11,12)13)15-8(10)14-6/h5H,2-4H2,1H3.